The molecule has 6 heteroatoms. The minimum absolute atomic E-state index is 0.0487. The highest BCUT2D eigenvalue weighted by Gasteiger charge is 2.09. The third kappa shape index (κ3) is 3.49. The molecule has 1 aromatic carbocycles. The lowest BCUT2D eigenvalue weighted by Gasteiger charge is -2.11. The maximum Gasteiger partial charge on any atom is 0.488 e. The Bertz CT molecular complexity index is 622. The Morgan fingerprint density at radius 1 is 1.15 bits per heavy atom. The summed E-state index contributed by atoms with van der Waals surface area (Å²) >= 11 is 0. The van der Waals surface area contributed by atoms with Gasteiger partial charge in [-0.1, -0.05) is 18.2 Å². The van der Waals surface area contributed by atoms with Gasteiger partial charge >= 0.3 is 7.12 Å². The molecule has 0 aliphatic rings. The average molecular weight is 273 g/mol. The Morgan fingerprint density at radius 3 is 2.45 bits per heavy atom. The van der Waals surface area contributed by atoms with Gasteiger partial charge in [0, 0.05) is 11.8 Å². The molecule has 0 bridgehead atoms. The smallest absolute Gasteiger partial charge is 0.488 e. The molecular weight excluding hydrogens is 257 g/mol. The molecule has 0 unspecified atom stereocenters. The number of nitrogens with zero attached hydrogens (tertiary/aromatic N) is 1. The van der Waals surface area contributed by atoms with Crippen molar-refractivity contribution in [2.24, 2.45) is 0 Å². The van der Waals surface area contributed by atoms with E-state index in [1.165, 1.54) is 6.07 Å². The number of hydrogen-bond acceptors (Lipinski definition) is 4. The summed E-state index contributed by atoms with van der Waals surface area (Å²) in [5.74, 6) is 0.621. The van der Waals surface area contributed by atoms with Crippen LogP contribution in [0.1, 0.15) is 5.69 Å². The van der Waals surface area contributed by atoms with Crippen LogP contribution in [0.25, 0.3) is 0 Å². The Labute approximate surface area is 117 Å². The average Bonchev–Trinajstić information content (AvgIpc) is 2.42. The summed E-state index contributed by atoms with van der Waals surface area (Å²) in [4.78, 5) is 11.7. The molecule has 0 aliphatic heterocycles. The van der Waals surface area contributed by atoms with Crippen molar-refractivity contribution in [3.05, 3.63) is 58.5 Å². The molecule has 1 heterocycles. The number of pyridine rings is 1. The van der Waals surface area contributed by atoms with E-state index in [4.69, 9.17) is 14.8 Å². The second-order valence-corrected chi connectivity index (χ2v) is 4.45. The topological polar surface area (TPSA) is 71.7 Å². The van der Waals surface area contributed by atoms with Crippen molar-refractivity contribution in [1.82, 2.24) is 4.57 Å². The van der Waals surface area contributed by atoms with Gasteiger partial charge in [-0.05, 0) is 30.6 Å². The van der Waals surface area contributed by atoms with Gasteiger partial charge in [-0.25, -0.2) is 0 Å². The zero-order chi connectivity index (χ0) is 14.5. The normalized spacial score (nSPS) is 10.3. The first-order chi connectivity index (χ1) is 9.58. The lowest BCUT2D eigenvalue weighted by molar-refractivity contribution is 0.295. The van der Waals surface area contributed by atoms with Gasteiger partial charge in [0.2, 0.25) is 0 Å². The minimum Gasteiger partial charge on any atom is -0.492 e. The summed E-state index contributed by atoms with van der Waals surface area (Å²) in [6.07, 6.45) is 0. The molecule has 104 valence electrons. The molecule has 20 heavy (non-hydrogen) atoms. The van der Waals surface area contributed by atoms with Gasteiger partial charge in [0.05, 0.1) is 6.54 Å². The highest BCUT2D eigenvalue weighted by Crippen LogP contribution is 2.07. The zero-order valence-electron chi connectivity index (χ0n) is 11.2. The molecule has 2 aromatic rings. The van der Waals surface area contributed by atoms with E-state index in [-0.39, 0.29) is 5.56 Å². The lowest BCUT2D eigenvalue weighted by atomic mass is 9.80. The van der Waals surface area contributed by atoms with Crippen LogP contribution in [0.2, 0.25) is 0 Å². The van der Waals surface area contributed by atoms with E-state index in [0.717, 1.165) is 5.69 Å². The first kappa shape index (κ1) is 14.4. The van der Waals surface area contributed by atoms with Crippen LogP contribution < -0.4 is 15.8 Å². The maximum atomic E-state index is 11.7. The Balaban J connectivity index is 1.94. The van der Waals surface area contributed by atoms with Crippen molar-refractivity contribution in [1.29, 1.82) is 0 Å². The van der Waals surface area contributed by atoms with Crippen LogP contribution in [-0.4, -0.2) is 28.3 Å². The fraction of sp³-hybridized carbons (Fsp3) is 0.214. The van der Waals surface area contributed by atoms with E-state index in [1.54, 1.807) is 34.9 Å². The molecule has 2 N–H and O–H groups in total. The molecule has 0 amide bonds. The van der Waals surface area contributed by atoms with E-state index >= 15 is 0 Å². The van der Waals surface area contributed by atoms with Crippen molar-refractivity contribution in [3.63, 3.8) is 0 Å². The van der Waals surface area contributed by atoms with Crippen LogP contribution in [0.15, 0.2) is 47.3 Å². The monoisotopic (exact) mass is 273 g/mol. The molecule has 0 spiro atoms. The molecule has 0 aliphatic carbocycles. The van der Waals surface area contributed by atoms with E-state index in [9.17, 15) is 4.79 Å². The standard InChI is InChI=1S/C14H16BNO4/c1-11-3-2-4-14(17)16(11)9-10-20-13-7-5-12(6-8-13)15(18)19/h2-8,18-19H,9-10H2,1H3. The third-order valence-electron chi connectivity index (χ3n) is 3.03. The highest BCUT2D eigenvalue weighted by atomic mass is 16.5. The second kappa shape index (κ2) is 6.41. The van der Waals surface area contributed by atoms with Gasteiger partial charge in [-0.3, -0.25) is 4.79 Å². The van der Waals surface area contributed by atoms with Gasteiger partial charge in [0.15, 0.2) is 0 Å². The van der Waals surface area contributed by atoms with E-state index in [2.05, 4.69) is 0 Å². The number of aromatic nitrogens is 1. The summed E-state index contributed by atoms with van der Waals surface area (Å²) in [6, 6.07) is 11.6. The number of benzene rings is 1. The largest absolute Gasteiger partial charge is 0.492 e. The Kier molecular flexibility index (Phi) is 4.60. The quantitative estimate of drug-likeness (QED) is 0.747. The summed E-state index contributed by atoms with van der Waals surface area (Å²) in [5, 5.41) is 18.0. The first-order valence-electron chi connectivity index (χ1n) is 6.33. The van der Waals surface area contributed by atoms with Crippen molar-refractivity contribution in [3.8, 4) is 5.75 Å². The van der Waals surface area contributed by atoms with Gasteiger partial charge in [0.1, 0.15) is 12.4 Å². The van der Waals surface area contributed by atoms with Crippen molar-refractivity contribution in [2.45, 2.75) is 13.5 Å². The summed E-state index contributed by atoms with van der Waals surface area (Å²) in [5.41, 5.74) is 1.25. The van der Waals surface area contributed by atoms with E-state index in [0.29, 0.717) is 24.4 Å². The summed E-state index contributed by atoms with van der Waals surface area (Å²) in [7, 11) is -1.48. The van der Waals surface area contributed by atoms with Crippen LogP contribution in [0.3, 0.4) is 0 Å². The van der Waals surface area contributed by atoms with Crippen LogP contribution in [0.4, 0.5) is 0 Å². The SMILES string of the molecule is Cc1cccc(=O)n1CCOc1ccc(B(O)O)cc1. The number of hydrogen-bond donors (Lipinski definition) is 2. The molecule has 0 saturated heterocycles. The van der Waals surface area contributed by atoms with Crippen LogP contribution in [-0.2, 0) is 6.54 Å². The summed E-state index contributed by atoms with van der Waals surface area (Å²) < 4.78 is 7.18. The molecule has 0 atom stereocenters. The fourth-order valence-corrected chi connectivity index (χ4v) is 1.90. The fourth-order valence-electron chi connectivity index (χ4n) is 1.90. The molecule has 1 aromatic heterocycles. The van der Waals surface area contributed by atoms with Crippen LogP contribution >= 0.6 is 0 Å². The highest BCUT2D eigenvalue weighted by molar-refractivity contribution is 6.58. The number of ether oxygens (including phenoxy) is 1. The maximum absolute atomic E-state index is 11.7. The molecule has 5 nitrogen and oxygen atoms in total. The number of aryl methyl sites for hydroxylation is 1. The molecular formula is C14H16BNO4. The first-order valence-corrected chi connectivity index (χ1v) is 6.33. The predicted molar refractivity (Wildman–Crippen MR) is 77.2 cm³/mol. The number of rotatable bonds is 5. The van der Waals surface area contributed by atoms with E-state index in [1.807, 2.05) is 13.0 Å². The molecule has 2 rings (SSSR count). The Morgan fingerprint density at radius 2 is 1.85 bits per heavy atom. The Hall–Kier alpha value is -2.05. The van der Waals surface area contributed by atoms with Gasteiger partial charge < -0.3 is 19.4 Å². The van der Waals surface area contributed by atoms with Crippen LogP contribution in [0, 0.1) is 6.92 Å². The van der Waals surface area contributed by atoms with Crippen molar-refractivity contribution >= 4 is 12.6 Å². The predicted octanol–water partition coefficient (Wildman–Crippen LogP) is -0.0845. The van der Waals surface area contributed by atoms with Gasteiger partial charge in [-0.15, -0.1) is 0 Å². The third-order valence-corrected chi connectivity index (χ3v) is 3.03. The van der Waals surface area contributed by atoms with Gasteiger partial charge in [-0.2, -0.15) is 0 Å². The van der Waals surface area contributed by atoms with Crippen molar-refractivity contribution < 1.29 is 14.8 Å². The van der Waals surface area contributed by atoms with E-state index < -0.39 is 7.12 Å². The van der Waals surface area contributed by atoms with Crippen LogP contribution in [0.5, 0.6) is 5.75 Å². The molecule has 0 fully saturated rings. The van der Waals surface area contributed by atoms with Gasteiger partial charge in [0.25, 0.3) is 5.56 Å². The summed E-state index contributed by atoms with van der Waals surface area (Å²) in [6.45, 7) is 2.71. The second-order valence-electron chi connectivity index (χ2n) is 4.45. The minimum atomic E-state index is -1.48. The molecule has 0 radical (unpaired) electrons. The molecule has 0 saturated carbocycles. The lowest BCUT2D eigenvalue weighted by Crippen LogP contribution is -2.29. The zero-order valence-corrected chi connectivity index (χ0v) is 11.2. The van der Waals surface area contributed by atoms with Crippen molar-refractivity contribution in [2.75, 3.05) is 6.61 Å².